The van der Waals surface area contributed by atoms with E-state index in [4.69, 9.17) is 0 Å². The van der Waals surface area contributed by atoms with Crippen LogP contribution in [0.1, 0.15) is 22.3 Å². The second-order valence-corrected chi connectivity index (χ2v) is 16.5. The van der Waals surface area contributed by atoms with E-state index < -0.39 is 5.41 Å². The van der Waals surface area contributed by atoms with Gasteiger partial charge in [0, 0.05) is 17.1 Å². The number of hydrogen-bond donors (Lipinski definition) is 0. The van der Waals surface area contributed by atoms with E-state index in [9.17, 15) is 4.39 Å². The van der Waals surface area contributed by atoms with E-state index in [2.05, 4.69) is 223 Å². The molecule has 11 aromatic rings. The summed E-state index contributed by atoms with van der Waals surface area (Å²) in [5.74, 6) is -0.252. The van der Waals surface area contributed by atoms with Crippen molar-refractivity contribution in [3.8, 4) is 33.4 Å². The molecule has 0 spiro atoms. The molecule has 1 aliphatic rings. The van der Waals surface area contributed by atoms with Crippen molar-refractivity contribution in [2.75, 3.05) is 4.90 Å². The fourth-order valence-electron chi connectivity index (χ4n) is 10.5. The number of benzene rings is 11. The summed E-state index contributed by atoms with van der Waals surface area (Å²) in [4.78, 5) is 2.41. The number of para-hydroxylation sites is 1. The molecule has 63 heavy (non-hydrogen) atoms. The zero-order valence-electron chi connectivity index (χ0n) is 34.4. The van der Waals surface area contributed by atoms with Crippen LogP contribution in [0.25, 0.3) is 65.7 Å². The SMILES string of the molecule is Fc1ccc(-c2ccc(-c3ccccc3)c3c2C(c2ccccc2)(c2ccccc2)c2cc(N(c4ccccc4)c4ccc5c6ccccc6c6ccccc6c5c4)ccc2-3)cc1. The van der Waals surface area contributed by atoms with Gasteiger partial charge in [0.05, 0.1) is 5.41 Å². The Labute approximate surface area is 366 Å². The summed E-state index contributed by atoms with van der Waals surface area (Å²) in [6.07, 6.45) is 0. The largest absolute Gasteiger partial charge is 0.310 e. The lowest BCUT2D eigenvalue weighted by Crippen LogP contribution is -2.29. The zero-order valence-corrected chi connectivity index (χ0v) is 34.4. The van der Waals surface area contributed by atoms with Crippen molar-refractivity contribution in [2.45, 2.75) is 5.41 Å². The summed E-state index contributed by atoms with van der Waals surface area (Å²) < 4.78 is 14.7. The average molecular weight is 806 g/mol. The molecular weight excluding hydrogens is 766 g/mol. The zero-order chi connectivity index (χ0) is 41.9. The third-order valence-corrected chi connectivity index (χ3v) is 13.2. The van der Waals surface area contributed by atoms with E-state index in [1.807, 2.05) is 12.1 Å². The van der Waals surface area contributed by atoms with Crippen LogP contribution in [0.3, 0.4) is 0 Å². The molecule has 0 atom stereocenters. The van der Waals surface area contributed by atoms with Crippen LogP contribution in [0.5, 0.6) is 0 Å². The first-order valence-corrected chi connectivity index (χ1v) is 21.6. The highest BCUT2D eigenvalue weighted by molar-refractivity contribution is 6.25. The van der Waals surface area contributed by atoms with Crippen LogP contribution >= 0.6 is 0 Å². The van der Waals surface area contributed by atoms with E-state index in [1.165, 1.54) is 54.6 Å². The van der Waals surface area contributed by atoms with Gasteiger partial charge in [0.25, 0.3) is 0 Å². The fraction of sp³-hybridized carbons (Fsp3) is 0.0164. The van der Waals surface area contributed by atoms with Crippen LogP contribution in [0.4, 0.5) is 21.5 Å². The van der Waals surface area contributed by atoms with Gasteiger partial charge in [-0.15, -0.1) is 0 Å². The summed E-state index contributed by atoms with van der Waals surface area (Å²) in [5, 5.41) is 7.45. The summed E-state index contributed by atoms with van der Waals surface area (Å²) in [5.41, 5.74) is 13.9. The highest BCUT2D eigenvalue weighted by Gasteiger charge is 2.49. The molecule has 0 heterocycles. The Morgan fingerprint density at radius 1 is 0.317 bits per heavy atom. The molecule has 0 aromatic heterocycles. The third kappa shape index (κ3) is 5.76. The number of hydrogen-bond acceptors (Lipinski definition) is 1. The van der Waals surface area contributed by atoms with Gasteiger partial charge in [-0.05, 0) is 136 Å². The molecule has 0 bridgehead atoms. The maximum atomic E-state index is 14.7. The molecule has 2 heteroatoms. The van der Waals surface area contributed by atoms with Crippen molar-refractivity contribution in [1.82, 2.24) is 0 Å². The molecule has 0 N–H and O–H groups in total. The number of halogens is 1. The van der Waals surface area contributed by atoms with E-state index in [1.54, 1.807) is 12.1 Å². The predicted octanol–water partition coefficient (Wildman–Crippen LogP) is 16.5. The number of nitrogens with zero attached hydrogens (tertiary/aromatic N) is 1. The van der Waals surface area contributed by atoms with Gasteiger partial charge in [-0.2, -0.15) is 0 Å². The Morgan fingerprint density at radius 3 is 1.37 bits per heavy atom. The molecule has 11 aromatic carbocycles. The molecule has 0 saturated carbocycles. The second-order valence-electron chi connectivity index (χ2n) is 16.5. The van der Waals surface area contributed by atoms with Crippen molar-refractivity contribution >= 4 is 49.4 Å². The summed E-state index contributed by atoms with van der Waals surface area (Å²) >= 11 is 0. The summed E-state index contributed by atoms with van der Waals surface area (Å²) in [7, 11) is 0. The van der Waals surface area contributed by atoms with Crippen LogP contribution in [-0.2, 0) is 5.41 Å². The lowest BCUT2D eigenvalue weighted by Gasteiger charge is -2.36. The predicted molar refractivity (Wildman–Crippen MR) is 262 cm³/mol. The van der Waals surface area contributed by atoms with Gasteiger partial charge in [-0.3, -0.25) is 0 Å². The second kappa shape index (κ2) is 14.8. The van der Waals surface area contributed by atoms with E-state index in [0.29, 0.717) is 0 Å². The summed E-state index contributed by atoms with van der Waals surface area (Å²) in [6, 6.07) is 86.4. The lowest BCUT2D eigenvalue weighted by molar-refractivity contribution is 0.628. The van der Waals surface area contributed by atoms with Gasteiger partial charge in [-0.1, -0.05) is 194 Å². The minimum Gasteiger partial charge on any atom is -0.310 e. The van der Waals surface area contributed by atoms with Crippen LogP contribution < -0.4 is 4.90 Å². The van der Waals surface area contributed by atoms with E-state index in [0.717, 1.165) is 50.4 Å². The average Bonchev–Trinajstić information content (AvgIpc) is 3.67. The fourth-order valence-corrected chi connectivity index (χ4v) is 10.5. The van der Waals surface area contributed by atoms with Gasteiger partial charge in [-0.25, -0.2) is 4.39 Å². The van der Waals surface area contributed by atoms with Gasteiger partial charge >= 0.3 is 0 Å². The van der Waals surface area contributed by atoms with Gasteiger partial charge in [0.15, 0.2) is 0 Å². The first kappa shape index (κ1) is 36.8. The van der Waals surface area contributed by atoms with Gasteiger partial charge < -0.3 is 4.90 Å². The number of rotatable bonds is 7. The number of anilines is 3. The Morgan fingerprint density at radius 2 is 0.762 bits per heavy atom. The van der Waals surface area contributed by atoms with Crippen molar-refractivity contribution in [3.05, 3.63) is 271 Å². The maximum absolute atomic E-state index is 14.7. The van der Waals surface area contributed by atoms with Gasteiger partial charge in [0.1, 0.15) is 5.82 Å². The van der Waals surface area contributed by atoms with Crippen molar-refractivity contribution in [2.24, 2.45) is 0 Å². The maximum Gasteiger partial charge on any atom is 0.123 e. The quantitative estimate of drug-likeness (QED) is 0.145. The molecule has 0 aliphatic heterocycles. The van der Waals surface area contributed by atoms with Crippen LogP contribution in [0.2, 0.25) is 0 Å². The molecule has 0 amide bonds. The molecule has 296 valence electrons. The molecule has 0 saturated heterocycles. The Bertz CT molecular complexity index is 3420. The van der Waals surface area contributed by atoms with Crippen molar-refractivity contribution in [1.29, 1.82) is 0 Å². The first-order chi connectivity index (χ1) is 31.2. The van der Waals surface area contributed by atoms with Crippen LogP contribution in [-0.4, -0.2) is 0 Å². The highest BCUT2D eigenvalue weighted by atomic mass is 19.1. The van der Waals surface area contributed by atoms with Crippen molar-refractivity contribution < 1.29 is 4.39 Å². The Hall–Kier alpha value is -8.07. The van der Waals surface area contributed by atoms with Crippen LogP contribution in [0, 0.1) is 5.82 Å². The molecule has 1 nitrogen and oxygen atoms in total. The highest BCUT2D eigenvalue weighted by Crippen LogP contribution is 2.62. The standard InChI is InChI=1S/C61H40FN/c62-45-31-29-42(30-32-45)50-38-37-49(41-17-5-1-6-18-41)59-56-36-34-48(40-58(56)61(60(50)59,43-19-7-2-8-20-43)44-21-9-3-10-22-44)63(46-23-11-4-12-24-46)47-33-35-55-53-27-14-13-25-51(53)52-26-15-16-28-54(52)57(55)39-47/h1-40H. The molecule has 12 rings (SSSR count). The topological polar surface area (TPSA) is 3.24 Å². The molecular formula is C61H40FN. The van der Waals surface area contributed by atoms with Gasteiger partial charge in [0.2, 0.25) is 0 Å². The Balaban J connectivity index is 1.19. The lowest BCUT2D eigenvalue weighted by atomic mass is 9.65. The monoisotopic (exact) mass is 805 g/mol. The minimum absolute atomic E-state index is 0.252. The molecule has 0 radical (unpaired) electrons. The molecule has 0 unspecified atom stereocenters. The van der Waals surface area contributed by atoms with E-state index >= 15 is 0 Å². The summed E-state index contributed by atoms with van der Waals surface area (Å²) in [6.45, 7) is 0. The number of fused-ring (bicyclic) bond motifs is 9. The van der Waals surface area contributed by atoms with E-state index in [-0.39, 0.29) is 5.82 Å². The normalized spacial score (nSPS) is 12.7. The molecule has 1 aliphatic carbocycles. The van der Waals surface area contributed by atoms with Crippen molar-refractivity contribution in [3.63, 3.8) is 0 Å². The third-order valence-electron chi connectivity index (χ3n) is 13.2. The Kier molecular flexibility index (Phi) is 8.65. The smallest absolute Gasteiger partial charge is 0.123 e. The minimum atomic E-state index is -0.751. The first-order valence-electron chi connectivity index (χ1n) is 21.6. The molecule has 0 fully saturated rings. The van der Waals surface area contributed by atoms with Crippen LogP contribution in [0.15, 0.2) is 243 Å².